The van der Waals surface area contributed by atoms with Crippen LogP contribution in [0.1, 0.15) is 11.6 Å². The average molecular weight is 231 g/mol. The molecule has 0 fully saturated rings. The van der Waals surface area contributed by atoms with E-state index in [1.165, 1.54) is 17.1 Å². The largest absolute Gasteiger partial charge is 0.382 e. The fourth-order valence-electron chi connectivity index (χ4n) is 1.87. The minimum atomic E-state index is -0.365. The standard InChI is InChI=1S/C13H13NO3/c1-17-9-11(10-5-3-2-4-6-10)14-12(15)7-8-13(14)16/h2-8,11H,9H2,1H3/t11-/m0/s1. The lowest BCUT2D eigenvalue weighted by Gasteiger charge is -2.25. The van der Waals surface area contributed by atoms with Crippen molar-refractivity contribution in [3.8, 4) is 0 Å². The number of amides is 2. The van der Waals surface area contributed by atoms with Crippen LogP contribution in [0.5, 0.6) is 0 Å². The molecule has 2 amide bonds. The van der Waals surface area contributed by atoms with Crippen molar-refractivity contribution in [3.63, 3.8) is 0 Å². The Hall–Kier alpha value is -1.94. The summed E-state index contributed by atoms with van der Waals surface area (Å²) < 4.78 is 5.09. The highest BCUT2D eigenvalue weighted by Gasteiger charge is 2.31. The Kier molecular flexibility index (Phi) is 3.35. The Labute approximate surface area is 99.5 Å². The molecular weight excluding hydrogens is 218 g/mol. The molecule has 0 bridgehead atoms. The Bertz CT molecular complexity index is 435. The molecule has 0 N–H and O–H groups in total. The molecule has 0 saturated carbocycles. The Balaban J connectivity index is 2.30. The molecule has 0 radical (unpaired) electrons. The molecule has 0 saturated heterocycles. The molecule has 88 valence electrons. The summed E-state index contributed by atoms with van der Waals surface area (Å²) in [4.78, 5) is 24.5. The maximum absolute atomic E-state index is 11.6. The molecule has 1 aliphatic heterocycles. The summed E-state index contributed by atoms with van der Waals surface area (Å²) in [6.07, 6.45) is 2.57. The zero-order valence-electron chi connectivity index (χ0n) is 9.50. The number of carbonyl (C=O) groups excluding carboxylic acids is 2. The van der Waals surface area contributed by atoms with Gasteiger partial charge in [-0.1, -0.05) is 30.3 Å². The first-order valence-corrected chi connectivity index (χ1v) is 5.33. The van der Waals surface area contributed by atoms with E-state index in [0.29, 0.717) is 6.61 Å². The van der Waals surface area contributed by atoms with Gasteiger partial charge in [0.2, 0.25) is 0 Å². The highest BCUT2D eigenvalue weighted by molar-refractivity contribution is 6.13. The Morgan fingerprint density at radius 1 is 1.12 bits per heavy atom. The molecule has 1 aromatic carbocycles. The SMILES string of the molecule is COC[C@@H](c1ccccc1)N1C(=O)C=CC1=O. The molecule has 4 nitrogen and oxygen atoms in total. The molecule has 1 atom stereocenters. The van der Waals surface area contributed by atoms with Gasteiger partial charge in [0.25, 0.3) is 11.8 Å². The number of hydrogen-bond acceptors (Lipinski definition) is 3. The van der Waals surface area contributed by atoms with Crippen molar-refractivity contribution in [2.24, 2.45) is 0 Å². The van der Waals surface area contributed by atoms with Crippen LogP contribution in [-0.2, 0) is 14.3 Å². The van der Waals surface area contributed by atoms with Gasteiger partial charge >= 0.3 is 0 Å². The topological polar surface area (TPSA) is 46.6 Å². The van der Waals surface area contributed by atoms with Gasteiger partial charge in [-0.25, -0.2) is 0 Å². The minimum Gasteiger partial charge on any atom is -0.382 e. The molecule has 0 aliphatic carbocycles. The van der Waals surface area contributed by atoms with Gasteiger partial charge in [0.15, 0.2) is 0 Å². The monoisotopic (exact) mass is 231 g/mol. The third kappa shape index (κ3) is 2.26. The van der Waals surface area contributed by atoms with E-state index < -0.39 is 0 Å². The summed E-state index contributed by atoms with van der Waals surface area (Å²) in [7, 11) is 1.55. The van der Waals surface area contributed by atoms with Gasteiger partial charge in [0, 0.05) is 19.3 Å². The summed E-state index contributed by atoms with van der Waals surface area (Å²) in [5, 5.41) is 0. The van der Waals surface area contributed by atoms with Crippen LogP contribution < -0.4 is 0 Å². The van der Waals surface area contributed by atoms with Gasteiger partial charge in [0.1, 0.15) is 0 Å². The zero-order valence-corrected chi connectivity index (χ0v) is 9.50. The quantitative estimate of drug-likeness (QED) is 0.734. The number of hydrogen-bond donors (Lipinski definition) is 0. The lowest BCUT2D eigenvalue weighted by Crippen LogP contribution is -2.36. The Morgan fingerprint density at radius 3 is 2.24 bits per heavy atom. The molecule has 2 rings (SSSR count). The second kappa shape index (κ2) is 4.93. The van der Waals surface area contributed by atoms with Crippen molar-refractivity contribution < 1.29 is 14.3 Å². The molecular formula is C13H13NO3. The van der Waals surface area contributed by atoms with Gasteiger partial charge < -0.3 is 4.74 Å². The summed E-state index contributed by atoms with van der Waals surface area (Å²) in [6.45, 7) is 0.295. The summed E-state index contributed by atoms with van der Waals surface area (Å²) in [5.41, 5.74) is 0.889. The number of rotatable bonds is 4. The van der Waals surface area contributed by atoms with Crippen LogP contribution in [0.25, 0.3) is 0 Å². The van der Waals surface area contributed by atoms with Gasteiger partial charge in [-0.15, -0.1) is 0 Å². The number of ether oxygens (including phenoxy) is 1. The lowest BCUT2D eigenvalue weighted by molar-refractivity contribution is -0.141. The van der Waals surface area contributed by atoms with Crippen molar-refractivity contribution in [2.75, 3.05) is 13.7 Å². The number of imide groups is 1. The predicted molar refractivity (Wildman–Crippen MR) is 62.1 cm³/mol. The van der Waals surface area contributed by atoms with E-state index in [4.69, 9.17) is 4.74 Å². The molecule has 1 aliphatic rings. The van der Waals surface area contributed by atoms with Crippen LogP contribution in [0, 0.1) is 0 Å². The Morgan fingerprint density at radius 2 is 1.71 bits per heavy atom. The van der Waals surface area contributed by atoms with E-state index in [1.807, 2.05) is 30.3 Å². The number of methoxy groups -OCH3 is 1. The zero-order chi connectivity index (χ0) is 12.3. The maximum Gasteiger partial charge on any atom is 0.254 e. The number of nitrogens with zero attached hydrogens (tertiary/aromatic N) is 1. The summed E-state index contributed by atoms with van der Waals surface area (Å²) in [5.74, 6) is -0.582. The van der Waals surface area contributed by atoms with E-state index in [1.54, 1.807) is 7.11 Å². The highest BCUT2D eigenvalue weighted by atomic mass is 16.5. The highest BCUT2D eigenvalue weighted by Crippen LogP contribution is 2.24. The van der Waals surface area contributed by atoms with Crippen LogP contribution in [0.2, 0.25) is 0 Å². The summed E-state index contributed by atoms with van der Waals surface area (Å²) >= 11 is 0. The van der Waals surface area contributed by atoms with Crippen molar-refractivity contribution in [2.45, 2.75) is 6.04 Å². The van der Waals surface area contributed by atoms with E-state index in [0.717, 1.165) is 5.56 Å². The predicted octanol–water partition coefficient (Wildman–Crippen LogP) is 1.30. The number of benzene rings is 1. The first-order chi connectivity index (χ1) is 8.24. The van der Waals surface area contributed by atoms with Crippen molar-refractivity contribution >= 4 is 11.8 Å². The lowest BCUT2D eigenvalue weighted by atomic mass is 10.1. The minimum absolute atomic E-state index is 0.291. The molecule has 1 heterocycles. The maximum atomic E-state index is 11.6. The van der Waals surface area contributed by atoms with Crippen LogP contribution in [0.15, 0.2) is 42.5 Å². The van der Waals surface area contributed by atoms with Crippen LogP contribution in [0.4, 0.5) is 0 Å². The van der Waals surface area contributed by atoms with Gasteiger partial charge in [-0.2, -0.15) is 0 Å². The molecule has 4 heteroatoms. The van der Waals surface area contributed by atoms with E-state index in [9.17, 15) is 9.59 Å². The fraction of sp³-hybridized carbons (Fsp3) is 0.231. The second-order valence-electron chi connectivity index (χ2n) is 3.76. The molecule has 0 unspecified atom stereocenters. The van der Waals surface area contributed by atoms with Gasteiger partial charge in [0.05, 0.1) is 12.6 Å². The number of carbonyl (C=O) groups is 2. The summed E-state index contributed by atoms with van der Waals surface area (Å²) in [6, 6.07) is 9.02. The van der Waals surface area contributed by atoms with E-state index >= 15 is 0 Å². The second-order valence-corrected chi connectivity index (χ2v) is 3.76. The van der Waals surface area contributed by atoms with Crippen LogP contribution in [0.3, 0.4) is 0 Å². The van der Waals surface area contributed by atoms with Gasteiger partial charge in [-0.05, 0) is 5.56 Å². The van der Waals surface area contributed by atoms with Gasteiger partial charge in [-0.3, -0.25) is 14.5 Å². The van der Waals surface area contributed by atoms with Crippen LogP contribution in [-0.4, -0.2) is 30.4 Å². The molecule has 0 aromatic heterocycles. The smallest absolute Gasteiger partial charge is 0.254 e. The fourth-order valence-corrected chi connectivity index (χ4v) is 1.87. The van der Waals surface area contributed by atoms with Crippen molar-refractivity contribution in [3.05, 3.63) is 48.0 Å². The molecule has 1 aromatic rings. The van der Waals surface area contributed by atoms with Crippen molar-refractivity contribution in [1.29, 1.82) is 0 Å². The average Bonchev–Trinajstić information content (AvgIpc) is 2.68. The van der Waals surface area contributed by atoms with E-state index in [-0.39, 0.29) is 17.9 Å². The van der Waals surface area contributed by atoms with Crippen molar-refractivity contribution in [1.82, 2.24) is 4.90 Å². The van der Waals surface area contributed by atoms with E-state index in [2.05, 4.69) is 0 Å². The molecule has 0 spiro atoms. The first kappa shape index (κ1) is 11.5. The third-order valence-electron chi connectivity index (χ3n) is 2.66. The normalized spacial score (nSPS) is 16.6. The molecule has 17 heavy (non-hydrogen) atoms. The first-order valence-electron chi connectivity index (χ1n) is 5.33. The van der Waals surface area contributed by atoms with Crippen LogP contribution >= 0.6 is 0 Å². The third-order valence-corrected chi connectivity index (χ3v) is 2.66.